The molecule has 0 saturated carbocycles. The smallest absolute Gasteiger partial charge is 0.292 e. The lowest BCUT2D eigenvalue weighted by atomic mass is 10.1. The molecule has 0 radical (unpaired) electrons. The lowest BCUT2D eigenvalue weighted by Crippen LogP contribution is -2.31. The van der Waals surface area contributed by atoms with E-state index in [0.717, 1.165) is 11.1 Å². The molecule has 0 heterocycles. The molecular formula is C20H24N2O4S. The number of ketones is 1. The molecular weight excluding hydrogens is 364 g/mol. The molecule has 2 rings (SSSR count). The molecule has 144 valence electrons. The Morgan fingerprint density at radius 2 is 1.48 bits per heavy atom. The number of sulfonamides is 1. The summed E-state index contributed by atoms with van der Waals surface area (Å²) in [4.78, 5) is 24.1. The highest BCUT2D eigenvalue weighted by Gasteiger charge is 2.16. The Hall–Kier alpha value is -2.51. The Bertz CT molecular complexity index is 902. The second kappa shape index (κ2) is 8.92. The van der Waals surface area contributed by atoms with Crippen LogP contribution in [0.15, 0.2) is 48.5 Å². The summed E-state index contributed by atoms with van der Waals surface area (Å²) in [6.07, 6.45) is 0. The van der Waals surface area contributed by atoms with Gasteiger partial charge in [-0.3, -0.25) is 9.59 Å². The van der Waals surface area contributed by atoms with E-state index < -0.39 is 21.7 Å². The number of hydrogen-bond acceptors (Lipinski definition) is 4. The van der Waals surface area contributed by atoms with Crippen LogP contribution in [0.5, 0.6) is 0 Å². The predicted octanol–water partition coefficient (Wildman–Crippen LogP) is 2.32. The molecule has 27 heavy (non-hydrogen) atoms. The first-order valence-corrected chi connectivity index (χ1v) is 10.3. The monoisotopic (exact) mass is 388 g/mol. The number of aryl methyl sites for hydroxylation is 1. The van der Waals surface area contributed by atoms with Gasteiger partial charge in [-0.05, 0) is 31.9 Å². The topological polar surface area (TPSA) is 92.3 Å². The molecule has 0 aliphatic rings. The van der Waals surface area contributed by atoms with Crippen molar-refractivity contribution in [2.24, 2.45) is 0 Å². The average Bonchev–Trinajstić information content (AvgIpc) is 2.59. The van der Waals surface area contributed by atoms with Crippen molar-refractivity contribution >= 4 is 21.7 Å². The molecule has 2 aromatic carbocycles. The molecule has 6 nitrogen and oxygen atoms in total. The lowest BCUT2D eigenvalue weighted by Gasteiger charge is -2.10. The predicted molar refractivity (Wildman–Crippen MR) is 105 cm³/mol. The molecule has 0 aliphatic heterocycles. The molecule has 0 aliphatic carbocycles. The van der Waals surface area contributed by atoms with E-state index in [4.69, 9.17) is 0 Å². The first-order valence-electron chi connectivity index (χ1n) is 8.63. The molecule has 0 saturated heterocycles. The van der Waals surface area contributed by atoms with E-state index in [9.17, 15) is 18.0 Å². The van der Waals surface area contributed by atoms with Crippen molar-refractivity contribution in [3.05, 3.63) is 70.8 Å². The van der Waals surface area contributed by atoms with Gasteiger partial charge in [0.2, 0.25) is 15.8 Å². The molecule has 0 fully saturated rings. The van der Waals surface area contributed by atoms with Gasteiger partial charge in [-0.25, -0.2) is 13.1 Å². The fourth-order valence-corrected chi connectivity index (χ4v) is 3.91. The summed E-state index contributed by atoms with van der Waals surface area (Å²) in [7, 11) is -3.38. The van der Waals surface area contributed by atoms with Crippen molar-refractivity contribution in [2.75, 3.05) is 0 Å². The molecule has 1 amide bonds. The Labute approximate surface area is 160 Å². The summed E-state index contributed by atoms with van der Waals surface area (Å²) in [5.41, 5.74) is 2.78. The summed E-state index contributed by atoms with van der Waals surface area (Å²) in [5.74, 6) is -1.37. The minimum absolute atomic E-state index is 0.107. The molecule has 0 aromatic heterocycles. The van der Waals surface area contributed by atoms with Gasteiger partial charge >= 0.3 is 0 Å². The third kappa shape index (κ3) is 6.62. The van der Waals surface area contributed by atoms with Gasteiger partial charge in [0, 0.05) is 18.2 Å². The summed E-state index contributed by atoms with van der Waals surface area (Å²) >= 11 is 0. The van der Waals surface area contributed by atoms with E-state index >= 15 is 0 Å². The number of hydrogen-bond donors (Lipinski definition) is 2. The Kier molecular flexibility index (Phi) is 6.87. The van der Waals surface area contributed by atoms with Crippen LogP contribution in [-0.4, -0.2) is 26.2 Å². The highest BCUT2D eigenvalue weighted by Crippen LogP contribution is 2.09. The molecule has 0 atom stereocenters. The quantitative estimate of drug-likeness (QED) is 0.536. The number of nitrogens with one attached hydrogen (secondary N) is 2. The maximum Gasteiger partial charge on any atom is 0.292 e. The van der Waals surface area contributed by atoms with Gasteiger partial charge in [0.25, 0.3) is 5.91 Å². The first kappa shape index (κ1) is 20.8. The van der Waals surface area contributed by atoms with Crippen LogP contribution in [-0.2, 0) is 27.1 Å². The Balaban J connectivity index is 1.92. The number of carbonyl (C=O) groups excluding carboxylic acids is 2. The fourth-order valence-electron chi connectivity index (χ4n) is 2.47. The largest absolute Gasteiger partial charge is 0.345 e. The minimum atomic E-state index is -3.38. The van der Waals surface area contributed by atoms with E-state index in [1.54, 1.807) is 62.4 Å². The number of carbonyl (C=O) groups is 2. The SMILES string of the molecule is Cc1ccc(C(=O)C(=O)NCc2ccc(CS(=O)(=O)NC(C)C)cc2)cc1. The van der Waals surface area contributed by atoms with Crippen LogP contribution in [0.3, 0.4) is 0 Å². The van der Waals surface area contributed by atoms with E-state index in [2.05, 4.69) is 10.0 Å². The van der Waals surface area contributed by atoms with Gasteiger partial charge in [-0.2, -0.15) is 0 Å². The zero-order valence-corrected chi connectivity index (χ0v) is 16.5. The van der Waals surface area contributed by atoms with Crippen molar-refractivity contribution in [3.8, 4) is 0 Å². The highest BCUT2D eigenvalue weighted by atomic mass is 32.2. The second-order valence-electron chi connectivity index (χ2n) is 6.73. The van der Waals surface area contributed by atoms with Crippen molar-refractivity contribution in [3.63, 3.8) is 0 Å². The fraction of sp³-hybridized carbons (Fsp3) is 0.300. The molecule has 0 unspecified atom stereocenters. The first-order chi connectivity index (χ1) is 12.7. The van der Waals surface area contributed by atoms with E-state index in [-0.39, 0.29) is 18.3 Å². The maximum atomic E-state index is 12.1. The lowest BCUT2D eigenvalue weighted by molar-refractivity contribution is -0.117. The molecule has 7 heteroatoms. The molecule has 2 N–H and O–H groups in total. The summed E-state index contributed by atoms with van der Waals surface area (Å²) in [5, 5.41) is 2.59. The zero-order valence-electron chi connectivity index (χ0n) is 15.7. The van der Waals surface area contributed by atoms with Crippen molar-refractivity contribution in [1.29, 1.82) is 0 Å². The van der Waals surface area contributed by atoms with Crippen LogP contribution >= 0.6 is 0 Å². The number of Topliss-reactive ketones (excluding diaryl/α,β-unsaturated/α-hetero) is 1. The second-order valence-corrected chi connectivity index (χ2v) is 8.48. The zero-order chi connectivity index (χ0) is 20.0. The Morgan fingerprint density at radius 1 is 0.926 bits per heavy atom. The van der Waals surface area contributed by atoms with E-state index in [0.29, 0.717) is 11.1 Å². The van der Waals surface area contributed by atoms with E-state index in [1.165, 1.54) is 0 Å². The van der Waals surface area contributed by atoms with Gasteiger partial charge < -0.3 is 5.32 Å². The third-order valence-corrected chi connectivity index (χ3v) is 5.31. The summed E-state index contributed by atoms with van der Waals surface area (Å²) in [6, 6.07) is 13.5. The van der Waals surface area contributed by atoms with Gasteiger partial charge in [0.15, 0.2) is 0 Å². The van der Waals surface area contributed by atoms with Gasteiger partial charge in [0.1, 0.15) is 0 Å². The van der Waals surface area contributed by atoms with Crippen LogP contribution in [0.1, 0.15) is 40.9 Å². The van der Waals surface area contributed by atoms with E-state index in [1.807, 2.05) is 6.92 Å². The minimum Gasteiger partial charge on any atom is -0.345 e. The number of benzene rings is 2. The van der Waals surface area contributed by atoms with Crippen LogP contribution in [0.4, 0.5) is 0 Å². The van der Waals surface area contributed by atoms with Gasteiger partial charge in [0.05, 0.1) is 5.75 Å². The van der Waals surface area contributed by atoms with Crippen LogP contribution in [0, 0.1) is 6.92 Å². The standard InChI is InChI=1S/C20H24N2O4S/c1-14(2)22-27(25,26)13-17-8-6-16(7-9-17)12-21-20(24)19(23)18-10-4-15(3)5-11-18/h4-11,14,22H,12-13H2,1-3H3,(H,21,24). The molecule has 2 aromatic rings. The van der Waals surface area contributed by atoms with Crippen molar-refractivity contribution in [1.82, 2.24) is 10.0 Å². The number of amides is 1. The van der Waals surface area contributed by atoms with Crippen LogP contribution in [0.25, 0.3) is 0 Å². The van der Waals surface area contributed by atoms with Crippen LogP contribution < -0.4 is 10.0 Å². The van der Waals surface area contributed by atoms with Crippen molar-refractivity contribution in [2.45, 2.75) is 39.1 Å². The molecule has 0 spiro atoms. The van der Waals surface area contributed by atoms with Crippen molar-refractivity contribution < 1.29 is 18.0 Å². The maximum absolute atomic E-state index is 12.1. The molecule has 0 bridgehead atoms. The third-order valence-electron chi connectivity index (χ3n) is 3.77. The van der Waals surface area contributed by atoms with Crippen LogP contribution in [0.2, 0.25) is 0 Å². The summed E-state index contributed by atoms with van der Waals surface area (Å²) in [6.45, 7) is 5.62. The Morgan fingerprint density at radius 3 is 2.04 bits per heavy atom. The van der Waals surface area contributed by atoms with Gasteiger partial charge in [-0.15, -0.1) is 0 Å². The average molecular weight is 388 g/mol. The highest BCUT2D eigenvalue weighted by molar-refractivity contribution is 7.88. The summed E-state index contributed by atoms with van der Waals surface area (Å²) < 4.78 is 26.4. The number of rotatable bonds is 8. The van der Waals surface area contributed by atoms with Gasteiger partial charge in [-0.1, -0.05) is 54.1 Å². The normalized spacial score (nSPS) is 11.4.